The highest BCUT2D eigenvalue weighted by Gasteiger charge is 2.45. The number of cyclic esters (lactones) is 2. The Kier molecular flexibility index (Phi) is 6.45. The van der Waals surface area contributed by atoms with Crippen molar-refractivity contribution in [3.8, 4) is 0 Å². The number of esters is 2. The molecule has 0 aliphatic carbocycles. The molecule has 4 heteroatoms. The van der Waals surface area contributed by atoms with Crippen molar-refractivity contribution in [3.05, 3.63) is 166 Å². The third-order valence-electron chi connectivity index (χ3n) is 7.06. The lowest BCUT2D eigenvalue weighted by Gasteiger charge is -2.21. The molecule has 4 aromatic rings. The zero-order chi connectivity index (χ0) is 25.9. The van der Waals surface area contributed by atoms with Crippen LogP contribution in [0.3, 0.4) is 0 Å². The summed E-state index contributed by atoms with van der Waals surface area (Å²) in [5.74, 6) is -0.731. The monoisotopic (exact) mass is 498 g/mol. The topological polar surface area (TPSA) is 52.6 Å². The van der Waals surface area contributed by atoms with Crippen LogP contribution in [0.15, 0.2) is 144 Å². The Morgan fingerprint density at radius 1 is 0.447 bits per heavy atom. The van der Waals surface area contributed by atoms with Crippen molar-refractivity contribution >= 4 is 11.9 Å². The molecule has 0 saturated heterocycles. The summed E-state index contributed by atoms with van der Waals surface area (Å²) in [5, 5.41) is 0. The van der Waals surface area contributed by atoms with Gasteiger partial charge in [0, 0.05) is 35.1 Å². The van der Waals surface area contributed by atoms with Crippen molar-refractivity contribution in [2.75, 3.05) is 0 Å². The SMILES string of the molecule is O=C1OC(c2ccccc2)C(C2=C(Cc3ccccc3)C(=O)OC2c2ccccc2)=C1Cc1ccccc1. The fourth-order valence-electron chi connectivity index (χ4n) is 5.28. The molecule has 0 fully saturated rings. The van der Waals surface area contributed by atoms with Gasteiger partial charge >= 0.3 is 11.9 Å². The highest BCUT2D eigenvalue weighted by molar-refractivity contribution is 5.99. The van der Waals surface area contributed by atoms with E-state index in [0.29, 0.717) is 24.0 Å². The van der Waals surface area contributed by atoms with E-state index >= 15 is 0 Å². The third kappa shape index (κ3) is 4.57. The second-order valence-electron chi connectivity index (χ2n) is 9.50. The molecule has 186 valence electrons. The molecule has 2 atom stereocenters. The Morgan fingerprint density at radius 3 is 1.11 bits per heavy atom. The average Bonchev–Trinajstić information content (AvgIpc) is 3.46. The van der Waals surface area contributed by atoms with E-state index in [0.717, 1.165) is 33.4 Å². The molecule has 4 nitrogen and oxygen atoms in total. The normalized spacial score (nSPS) is 19.1. The molecule has 0 radical (unpaired) electrons. The van der Waals surface area contributed by atoms with Gasteiger partial charge in [-0.3, -0.25) is 0 Å². The smallest absolute Gasteiger partial charge is 0.335 e. The molecule has 2 heterocycles. The highest BCUT2D eigenvalue weighted by atomic mass is 16.6. The molecule has 0 aromatic heterocycles. The third-order valence-corrected chi connectivity index (χ3v) is 7.06. The first-order valence-corrected chi connectivity index (χ1v) is 12.7. The molecule has 2 unspecified atom stereocenters. The van der Waals surface area contributed by atoms with E-state index in [-0.39, 0.29) is 11.9 Å². The minimum atomic E-state index is -0.635. The van der Waals surface area contributed by atoms with Crippen LogP contribution in [0, 0.1) is 0 Å². The summed E-state index contributed by atoms with van der Waals surface area (Å²) in [7, 11) is 0. The number of ether oxygens (including phenoxy) is 2. The lowest BCUT2D eigenvalue weighted by Crippen LogP contribution is -2.10. The number of hydrogen-bond donors (Lipinski definition) is 0. The van der Waals surface area contributed by atoms with E-state index in [1.54, 1.807) is 0 Å². The van der Waals surface area contributed by atoms with Crippen LogP contribution in [0.1, 0.15) is 34.5 Å². The first-order valence-electron chi connectivity index (χ1n) is 12.7. The van der Waals surface area contributed by atoms with Gasteiger partial charge in [0.1, 0.15) is 0 Å². The fraction of sp³-hybridized carbons (Fsp3) is 0.118. The number of benzene rings is 4. The standard InChI is InChI=1S/C34H26O4/c35-33-27(21-23-13-5-1-6-14-23)29(31(37-33)25-17-9-3-10-18-25)30-28(22-24-15-7-2-8-16-24)34(36)38-32(30)26-19-11-4-12-20-26/h1-20,31-32H,21-22H2. The Hall–Kier alpha value is -4.70. The van der Waals surface area contributed by atoms with E-state index in [9.17, 15) is 9.59 Å². The molecular formula is C34H26O4. The van der Waals surface area contributed by atoms with Gasteiger partial charge in [-0.15, -0.1) is 0 Å². The van der Waals surface area contributed by atoms with Gasteiger partial charge in [0.25, 0.3) is 0 Å². The number of carbonyl (C=O) groups is 2. The van der Waals surface area contributed by atoms with Crippen LogP contribution < -0.4 is 0 Å². The molecule has 38 heavy (non-hydrogen) atoms. The van der Waals surface area contributed by atoms with E-state index < -0.39 is 12.2 Å². The van der Waals surface area contributed by atoms with Crippen LogP contribution in [0.25, 0.3) is 0 Å². The van der Waals surface area contributed by atoms with Crippen molar-refractivity contribution in [2.45, 2.75) is 25.0 Å². The maximum Gasteiger partial charge on any atom is 0.335 e. The molecule has 2 aliphatic heterocycles. The van der Waals surface area contributed by atoms with Crippen molar-refractivity contribution in [1.29, 1.82) is 0 Å². The first-order chi connectivity index (χ1) is 18.7. The van der Waals surface area contributed by atoms with Gasteiger partial charge in [-0.25, -0.2) is 9.59 Å². The van der Waals surface area contributed by atoms with Gasteiger partial charge < -0.3 is 9.47 Å². The molecule has 0 bridgehead atoms. The van der Waals surface area contributed by atoms with E-state index in [1.807, 2.05) is 121 Å². The molecular weight excluding hydrogens is 472 g/mol. The van der Waals surface area contributed by atoms with Crippen molar-refractivity contribution in [1.82, 2.24) is 0 Å². The van der Waals surface area contributed by atoms with Gasteiger partial charge in [0.05, 0.1) is 0 Å². The van der Waals surface area contributed by atoms with Crippen molar-refractivity contribution in [2.24, 2.45) is 0 Å². The fourth-order valence-corrected chi connectivity index (χ4v) is 5.28. The van der Waals surface area contributed by atoms with Crippen molar-refractivity contribution < 1.29 is 19.1 Å². The van der Waals surface area contributed by atoms with Crippen molar-refractivity contribution in [3.63, 3.8) is 0 Å². The number of hydrogen-bond acceptors (Lipinski definition) is 4. The van der Waals surface area contributed by atoms with Crippen LogP contribution in [0.5, 0.6) is 0 Å². The summed E-state index contributed by atoms with van der Waals surface area (Å²) in [6, 6.07) is 39.1. The molecule has 0 spiro atoms. The zero-order valence-corrected chi connectivity index (χ0v) is 20.7. The van der Waals surface area contributed by atoms with Crippen LogP contribution >= 0.6 is 0 Å². The highest BCUT2D eigenvalue weighted by Crippen LogP contribution is 2.49. The summed E-state index contributed by atoms with van der Waals surface area (Å²) in [6.45, 7) is 0. The van der Waals surface area contributed by atoms with Gasteiger partial charge in [-0.1, -0.05) is 121 Å². The van der Waals surface area contributed by atoms with Crippen LogP contribution in [-0.2, 0) is 31.9 Å². The lowest BCUT2D eigenvalue weighted by molar-refractivity contribution is -0.141. The molecule has 0 N–H and O–H groups in total. The zero-order valence-electron chi connectivity index (χ0n) is 20.7. The van der Waals surface area contributed by atoms with Gasteiger partial charge in [-0.2, -0.15) is 0 Å². The largest absolute Gasteiger partial charge is 0.449 e. The Balaban J connectivity index is 1.59. The quantitative estimate of drug-likeness (QED) is 0.267. The van der Waals surface area contributed by atoms with E-state index in [2.05, 4.69) is 0 Å². The molecule has 4 aromatic carbocycles. The molecule has 0 amide bonds. The minimum absolute atomic E-state index is 0.365. The summed E-state index contributed by atoms with van der Waals surface area (Å²) in [6.07, 6.45) is -0.473. The number of rotatable bonds is 7. The van der Waals surface area contributed by atoms with Gasteiger partial charge in [-0.05, 0) is 22.3 Å². The maximum absolute atomic E-state index is 13.5. The van der Waals surface area contributed by atoms with Gasteiger partial charge in [0.15, 0.2) is 12.2 Å². The average molecular weight is 499 g/mol. The Bertz CT molecular complexity index is 1400. The van der Waals surface area contributed by atoms with Crippen LogP contribution in [0.4, 0.5) is 0 Å². The first kappa shape index (κ1) is 23.7. The Labute approximate surface area is 221 Å². The Morgan fingerprint density at radius 2 is 0.763 bits per heavy atom. The maximum atomic E-state index is 13.5. The van der Waals surface area contributed by atoms with Gasteiger partial charge in [0.2, 0.25) is 0 Å². The molecule has 6 rings (SSSR count). The summed E-state index contributed by atoms with van der Waals surface area (Å²) >= 11 is 0. The number of carbonyl (C=O) groups excluding carboxylic acids is 2. The van der Waals surface area contributed by atoms with E-state index in [1.165, 1.54) is 0 Å². The van der Waals surface area contributed by atoms with E-state index in [4.69, 9.17) is 9.47 Å². The molecule has 0 saturated carbocycles. The van der Waals surface area contributed by atoms with Crippen LogP contribution in [-0.4, -0.2) is 11.9 Å². The summed E-state index contributed by atoms with van der Waals surface area (Å²) in [4.78, 5) is 27.0. The predicted octanol–water partition coefficient (Wildman–Crippen LogP) is 6.66. The van der Waals surface area contributed by atoms with Crippen LogP contribution in [0.2, 0.25) is 0 Å². The lowest BCUT2D eigenvalue weighted by atomic mass is 9.83. The molecule has 2 aliphatic rings. The minimum Gasteiger partial charge on any atom is -0.449 e. The second-order valence-corrected chi connectivity index (χ2v) is 9.50. The predicted molar refractivity (Wildman–Crippen MR) is 145 cm³/mol. The summed E-state index contributed by atoms with van der Waals surface area (Å²) in [5.41, 5.74) is 6.30. The summed E-state index contributed by atoms with van der Waals surface area (Å²) < 4.78 is 12.1. The second kappa shape index (κ2) is 10.3.